The van der Waals surface area contributed by atoms with Gasteiger partial charge in [0.15, 0.2) is 0 Å². The Labute approximate surface area is 128 Å². The Balaban J connectivity index is 1.69. The molecular weight excluding hydrogens is 280 g/mol. The highest BCUT2D eigenvalue weighted by Gasteiger charge is 2.25. The lowest BCUT2D eigenvalue weighted by molar-refractivity contribution is -0.385. The number of nitrogens with one attached hydrogen (secondary N) is 1. The minimum absolute atomic E-state index is 0.0411. The number of aryl methyl sites for hydroxylation is 1. The molecule has 6 heteroatoms. The van der Waals surface area contributed by atoms with E-state index < -0.39 is 4.92 Å². The molecule has 1 atom stereocenters. The molecule has 1 aliphatic rings. The van der Waals surface area contributed by atoms with Crippen LogP contribution in [0.2, 0.25) is 0 Å². The molecule has 2 heterocycles. The van der Waals surface area contributed by atoms with E-state index >= 15 is 0 Å². The van der Waals surface area contributed by atoms with E-state index in [4.69, 9.17) is 0 Å². The molecule has 1 aromatic heterocycles. The summed E-state index contributed by atoms with van der Waals surface area (Å²) in [7, 11) is 0. The van der Waals surface area contributed by atoms with Gasteiger partial charge in [0.25, 0.3) is 5.69 Å². The maximum Gasteiger partial charge on any atom is 0.287 e. The van der Waals surface area contributed by atoms with Gasteiger partial charge in [-0.25, -0.2) is 4.98 Å². The summed E-state index contributed by atoms with van der Waals surface area (Å²) in [5.41, 5.74) is 2.00. The zero-order valence-electron chi connectivity index (χ0n) is 12.4. The number of aromatic nitrogens is 1. The lowest BCUT2D eigenvalue weighted by atomic mass is 10.2. The highest BCUT2D eigenvalue weighted by atomic mass is 16.6. The number of rotatable bonds is 4. The summed E-state index contributed by atoms with van der Waals surface area (Å²) in [6, 6.07) is 12.1. The first-order chi connectivity index (χ1) is 10.6. The molecule has 0 amide bonds. The normalized spacial score (nSPS) is 17.5. The summed E-state index contributed by atoms with van der Waals surface area (Å²) in [6.07, 6.45) is 2.35. The Morgan fingerprint density at radius 1 is 1.36 bits per heavy atom. The fourth-order valence-corrected chi connectivity index (χ4v) is 2.82. The summed E-state index contributed by atoms with van der Waals surface area (Å²) in [4.78, 5) is 16.8. The Hall–Kier alpha value is -2.63. The number of hydrogen-bond donors (Lipinski definition) is 1. The molecule has 1 unspecified atom stereocenters. The number of nitro groups is 1. The molecular formula is C16H18N4O2. The molecule has 1 N–H and O–H groups in total. The molecule has 2 aromatic rings. The predicted molar refractivity (Wildman–Crippen MR) is 86.3 cm³/mol. The van der Waals surface area contributed by atoms with E-state index in [1.54, 1.807) is 6.07 Å². The molecule has 114 valence electrons. The van der Waals surface area contributed by atoms with Crippen molar-refractivity contribution in [1.29, 1.82) is 0 Å². The van der Waals surface area contributed by atoms with Gasteiger partial charge in [0.1, 0.15) is 12.0 Å². The van der Waals surface area contributed by atoms with Crippen LogP contribution in [0.1, 0.15) is 12.0 Å². The van der Waals surface area contributed by atoms with Gasteiger partial charge in [-0.05, 0) is 31.0 Å². The van der Waals surface area contributed by atoms with Crippen molar-refractivity contribution in [3.63, 3.8) is 0 Å². The molecule has 0 bridgehead atoms. The van der Waals surface area contributed by atoms with Crippen LogP contribution in [0.15, 0.2) is 42.6 Å². The van der Waals surface area contributed by atoms with Crippen LogP contribution in [0.3, 0.4) is 0 Å². The van der Waals surface area contributed by atoms with Crippen molar-refractivity contribution in [1.82, 2.24) is 4.98 Å². The molecule has 1 fully saturated rings. The van der Waals surface area contributed by atoms with E-state index in [2.05, 4.69) is 27.3 Å². The molecule has 22 heavy (non-hydrogen) atoms. The van der Waals surface area contributed by atoms with Gasteiger partial charge in [-0.15, -0.1) is 0 Å². The van der Waals surface area contributed by atoms with Gasteiger partial charge in [-0.3, -0.25) is 10.1 Å². The zero-order valence-corrected chi connectivity index (χ0v) is 12.4. The summed E-state index contributed by atoms with van der Waals surface area (Å²) in [5.74, 6) is 0.836. The lowest BCUT2D eigenvalue weighted by Gasteiger charge is -2.20. The monoisotopic (exact) mass is 298 g/mol. The van der Waals surface area contributed by atoms with Gasteiger partial charge in [0, 0.05) is 30.9 Å². The predicted octanol–water partition coefficient (Wildman–Crippen LogP) is 2.99. The number of hydrogen-bond acceptors (Lipinski definition) is 5. The maximum absolute atomic E-state index is 10.8. The maximum atomic E-state index is 10.8. The molecule has 0 spiro atoms. The van der Waals surface area contributed by atoms with Crippen LogP contribution in [-0.2, 0) is 0 Å². The lowest BCUT2D eigenvalue weighted by Crippen LogP contribution is -2.27. The molecule has 0 saturated carbocycles. The Kier molecular flexibility index (Phi) is 3.91. The number of benzene rings is 1. The molecule has 0 radical (unpaired) electrons. The van der Waals surface area contributed by atoms with Crippen LogP contribution in [0.5, 0.6) is 0 Å². The third kappa shape index (κ3) is 3.00. The molecule has 1 aliphatic heterocycles. The number of para-hydroxylation sites is 1. The number of pyridine rings is 1. The summed E-state index contributed by atoms with van der Waals surface area (Å²) < 4.78 is 0. The van der Waals surface area contributed by atoms with Crippen molar-refractivity contribution in [2.24, 2.45) is 0 Å². The summed E-state index contributed by atoms with van der Waals surface area (Å²) in [6.45, 7) is 3.62. The van der Waals surface area contributed by atoms with Crippen molar-refractivity contribution < 1.29 is 4.92 Å². The van der Waals surface area contributed by atoms with Crippen LogP contribution in [0.4, 0.5) is 17.2 Å². The first-order valence-electron chi connectivity index (χ1n) is 7.31. The first kappa shape index (κ1) is 14.3. The van der Waals surface area contributed by atoms with Crippen LogP contribution >= 0.6 is 0 Å². The number of anilines is 2. The molecule has 0 aliphatic carbocycles. The first-order valence-corrected chi connectivity index (χ1v) is 7.31. The van der Waals surface area contributed by atoms with Crippen LogP contribution in [0.25, 0.3) is 0 Å². The average Bonchev–Trinajstić information content (AvgIpc) is 2.96. The molecule has 6 nitrogen and oxygen atoms in total. The van der Waals surface area contributed by atoms with E-state index in [9.17, 15) is 10.1 Å². The van der Waals surface area contributed by atoms with Gasteiger partial charge in [0.2, 0.25) is 0 Å². The van der Waals surface area contributed by atoms with E-state index in [0.29, 0.717) is 6.04 Å². The van der Waals surface area contributed by atoms with E-state index in [1.165, 1.54) is 6.20 Å². The van der Waals surface area contributed by atoms with E-state index in [-0.39, 0.29) is 5.69 Å². The van der Waals surface area contributed by atoms with Crippen LogP contribution in [-0.4, -0.2) is 29.0 Å². The molecule has 1 saturated heterocycles. The van der Waals surface area contributed by atoms with Gasteiger partial charge in [0.05, 0.1) is 4.92 Å². The van der Waals surface area contributed by atoms with Crippen molar-refractivity contribution in [2.45, 2.75) is 19.4 Å². The molecule has 3 rings (SSSR count). The van der Waals surface area contributed by atoms with E-state index in [1.807, 2.05) is 25.1 Å². The van der Waals surface area contributed by atoms with E-state index in [0.717, 1.165) is 36.6 Å². The minimum Gasteiger partial charge on any atom is -0.380 e. The SMILES string of the molecule is Cc1cc([N+](=O)[O-])cnc1N1CCC(Nc2ccccc2)C1. The van der Waals surface area contributed by atoms with Crippen molar-refractivity contribution >= 4 is 17.2 Å². The second-order valence-corrected chi connectivity index (χ2v) is 5.53. The fraction of sp³-hybridized carbons (Fsp3) is 0.312. The second kappa shape index (κ2) is 6.01. The highest BCUT2D eigenvalue weighted by molar-refractivity contribution is 5.52. The van der Waals surface area contributed by atoms with Gasteiger partial charge >= 0.3 is 0 Å². The highest BCUT2D eigenvalue weighted by Crippen LogP contribution is 2.26. The Bertz CT molecular complexity index is 675. The minimum atomic E-state index is -0.409. The largest absolute Gasteiger partial charge is 0.380 e. The quantitative estimate of drug-likeness (QED) is 0.694. The fourth-order valence-electron chi connectivity index (χ4n) is 2.82. The van der Waals surface area contributed by atoms with Gasteiger partial charge in [-0.1, -0.05) is 18.2 Å². The second-order valence-electron chi connectivity index (χ2n) is 5.53. The van der Waals surface area contributed by atoms with Crippen molar-refractivity contribution in [2.75, 3.05) is 23.3 Å². The Morgan fingerprint density at radius 2 is 2.14 bits per heavy atom. The topological polar surface area (TPSA) is 71.3 Å². The van der Waals surface area contributed by atoms with Crippen molar-refractivity contribution in [3.8, 4) is 0 Å². The van der Waals surface area contributed by atoms with Crippen LogP contribution in [0, 0.1) is 17.0 Å². The number of nitrogens with zero attached hydrogens (tertiary/aromatic N) is 3. The van der Waals surface area contributed by atoms with Gasteiger partial charge in [-0.2, -0.15) is 0 Å². The summed E-state index contributed by atoms with van der Waals surface area (Å²) in [5, 5.41) is 14.3. The van der Waals surface area contributed by atoms with Crippen LogP contribution < -0.4 is 10.2 Å². The smallest absolute Gasteiger partial charge is 0.287 e. The van der Waals surface area contributed by atoms with Crippen molar-refractivity contribution in [3.05, 3.63) is 58.3 Å². The third-order valence-electron chi connectivity index (χ3n) is 3.88. The summed E-state index contributed by atoms with van der Waals surface area (Å²) >= 11 is 0. The zero-order chi connectivity index (χ0) is 15.5. The molecule has 1 aromatic carbocycles. The third-order valence-corrected chi connectivity index (χ3v) is 3.88. The Morgan fingerprint density at radius 3 is 2.82 bits per heavy atom. The van der Waals surface area contributed by atoms with Gasteiger partial charge < -0.3 is 10.2 Å². The standard InChI is InChI=1S/C16H18N4O2/c1-12-9-15(20(21)22)10-17-16(12)19-8-7-14(11-19)18-13-5-3-2-4-6-13/h2-6,9-10,14,18H,7-8,11H2,1H3. The average molecular weight is 298 g/mol.